The third-order valence-electron chi connectivity index (χ3n) is 3.21. The van der Waals surface area contributed by atoms with Gasteiger partial charge >= 0.3 is 16.5 Å². The molecular weight excluding hydrogens is 334 g/mol. The Labute approximate surface area is 137 Å². The third kappa shape index (κ3) is 11.0. The van der Waals surface area contributed by atoms with Gasteiger partial charge in [0.05, 0.1) is 0 Å². The van der Waals surface area contributed by atoms with Gasteiger partial charge in [-0.1, -0.05) is 57.6 Å². The molecule has 0 spiro atoms. The molecule has 0 aliphatic rings. The van der Waals surface area contributed by atoms with Gasteiger partial charge in [0.15, 0.2) is 0 Å². The summed E-state index contributed by atoms with van der Waals surface area (Å²) in [5, 5.41) is 0. The van der Waals surface area contributed by atoms with Crippen molar-refractivity contribution in [3.63, 3.8) is 0 Å². The van der Waals surface area contributed by atoms with Crippen LogP contribution in [0.1, 0.15) is 57.4 Å². The fraction of sp³-hybridized carbons (Fsp3) is 0.600. The zero-order valence-electron chi connectivity index (χ0n) is 12.4. The van der Waals surface area contributed by atoms with Crippen LogP contribution < -0.4 is 14.3 Å². The minimum absolute atomic E-state index is 0. The average Bonchev–Trinajstić information content (AvgIpc) is 2.38. The van der Waals surface area contributed by atoms with Gasteiger partial charge in [-0.15, -0.1) is 0 Å². The molecule has 1 aromatic carbocycles. The van der Waals surface area contributed by atoms with E-state index in [4.69, 9.17) is 0 Å². The van der Waals surface area contributed by atoms with E-state index in [9.17, 15) is 14.4 Å². The molecule has 0 radical (unpaired) electrons. The van der Waals surface area contributed by atoms with Crippen LogP contribution in [0.2, 0.25) is 0 Å². The van der Waals surface area contributed by atoms with Crippen molar-refractivity contribution in [2.24, 2.45) is 0 Å². The van der Waals surface area contributed by atoms with Gasteiger partial charge in [0.1, 0.15) is 13.6 Å². The maximum absolute atomic E-state index is 10.5. The molecule has 21 heavy (non-hydrogen) atoms. The number of aryl methyl sites for hydroxylation is 1. The molecule has 0 saturated carbocycles. The molecule has 0 aliphatic carbocycles. The molecule has 122 valence electrons. The minimum Gasteiger partial charge on any atom is -0.780 e. The summed E-state index contributed by atoms with van der Waals surface area (Å²) in [4.78, 5) is 20.9. The van der Waals surface area contributed by atoms with E-state index in [1.807, 2.05) is 12.1 Å². The Morgan fingerprint density at radius 3 is 2.00 bits per heavy atom. The maximum Gasteiger partial charge on any atom is 2.00 e. The van der Waals surface area contributed by atoms with Gasteiger partial charge < -0.3 is 18.9 Å². The normalized spacial score (nSPS) is 11.0. The first-order valence-corrected chi connectivity index (χ1v) is 8.78. The van der Waals surface area contributed by atoms with Crippen LogP contribution in [-0.2, 0) is 27.5 Å². The maximum atomic E-state index is 10.5. The van der Waals surface area contributed by atoms with Crippen molar-refractivity contribution < 1.29 is 35.4 Å². The Hall–Kier alpha value is -0.336. The van der Waals surface area contributed by atoms with Gasteiger partial charge in [-0.3, -0.25) is 0 Å². The van der Waals surface area contributed by atoms with Gasteiger partial charge in [0, 0.05) is 0 Å². The number of hydrogen-bond donors (Lipinski definition) is 0. The summed E-state index contributed by atoms with van der Waals surface area (Å²) in [7, 11) is -4.94. The predicted octanol–water partition coefficient (Wildman–Crippen LogP) is 3.18. The van der Waals surface area contributed by atoms with Crippen LogP contribution in [0.5, 0.6) is 5.75 Å². The summed E-state index contributed by atoms with van der Waals surface area (Å²) >= 11 is 0. The van der Waals surface area contributed by atoms with Crippen LogP contribution in [0.15, 0.2) is 24.3 Å². The second kappa shape index (κ2) is 11.3. The minimum atomic E-state index is -4.94. The molecule has 0 atom stereocenters. The van der Waals surface area contributed by atoms with Crippen LogP contribution in [0, 0.1) is 0 Å². The van der Waals surface area contributed by atoms with Gasteiger partial charge in [-0.05, 0) is 30.5 Å². The fourth-order valence-electron chi connectivity index (χ4n) is 2.13. The Morgan fingerprint density at radius 1 is 0.952 bits per heavy atom. The molecule has 0 unspecified atom stereocenters. The van der Waals surface area contributed by atoms with E-state index in [1.165, 1.54) is 50.7 Å². The zero-order chi connectivity index (χ0) is 14.8. The number of rotatable bonds is 10. The average molecular weight is 357 g/mol. The number of phosphoric ester groups is 1. The predicted molar refractivity (Wildman–Crippen MR) is 76.4 cm³/mol. The van der Waals surface area contributed by atoms with Crippen molar-refractivity contribution >= 4 is 7.82 Å². The molecule has 1 rings (SSSR count). The summed E-state index contributed by atoms with van der Waals surface area (Å²) in [5.41, 5.74) is 1.14. The van der Waals surface area contributed by atoms with E-state index in [1.54, 1.807) is 0 Å². The van der Waals surface area contributed by atoms with Gasteiger partial charge in [0.2, 0.25) is 0 Å². The first-order valence-electron chi connectivity index (χ1n) is 7.32. The van der Waals surface area contributed by atoms with E-state index < -0.39 is 7.82 Å². The van der Waals surface area contributed by atoms with Crippen LogP contribution in [0.25, 0.3) is 0 Å². The van der Waals surface area contributed by atoms with Gasteiger partial charge in [-0.2, -0.15) is 0 Å². The first kappa shape index (κ1) is 20.7. The van der Waals surface area contributed by atoms with Gasteiger partial charge in [-0.25, -0.2) is 0 Å². The quantitative estimate of drug-likeness (QED) is 0.366. The Balaban J connectivity index is 0.00000400. The van der Waals surface area contributed by atoms with Crippen molar-refractivity contribution in [2.75, 3.05) is 0 Å². The zero-order valence-corrected chi connectivity index (χ0v) is 14.2. The fourth-order valence-corrected chi connectivity index (χ4v) is 2.51. The standard InChI is InChI=1S/C15H25O4P.Ni/c1-2-3-4-5-6-7-8-9-14-10-12-15(13-11-14)19-20(16,17)18;/h10-13H,2-9H2,1H3,(H2,16,17,18);/q;+2/p-2. The van der Waals surface area contributed by atoms with Crippen molar-refractivity contribution in [1.82, 2.24) is 0 Å². The largest absolute Gasteiger partial charge is 2.00 e. The third-order valence-corrected chi connectivity index (χ3v) is 3.64. The van der Waals surface area contributed by atoms with Gasteiger partial charge in [0.25, 0.3) is 0 Å². The monoisotopic (exact) mass is 356 g/mol. The van der Waals surface area contributed by atoms with E-state index in [2.05, 4.69) is 11.4 Å². The van der Waals surface area contributed by atoms with Crippen LogP contribution in [0.4, 0.5) is 0 Å². The molecule has 0 N–H and O–H groups in total. The molecule has 0 saturated heterocycles. The van der Waals surface area contributed by atoms with Crippen molar-refractivity contribution in [3.05, 3.63) is 29.8 Å². The second-order valence-corrected chi connectivity index (χ2v) is 6.13. The molecule has 4 nitrogen and oxygen atoms in total. The summed E-state index contributed by atoms with van der Waals surface area (Å²) in [6.45, 7) is 2.21. The first-order chi connectivity index (χ1) is 9.51. The Kier molecular flexibility index (Phi) is 11.1. The summed E-state index contributed by atoms with van der Waals surface area (Å²) in [6, 6.07) is 6.67. The summed E-state index contributed by atoms with van der Waals surface area (Å²) < 4.78 is 14.7. The summed E-state index contributed by atoms with van der Waals surface area (Å²) in [6.07, 6.45) is 9.83. The number of phosphoric acid groups is 1. The molecule has 6 heteroatoms. The SMILES string of the molecule is CCCCCCCCCc1ccc(OP(=O)([O-])[O-])cc1.[Ni+2]. The van der Waals surface area contributed by atoms with Crippen molar-refractivity contribution in [1.29, 1.82) is 0 Å². The van der Waals surface area contributed by atoms with E-state index >= 15 is 0 Å². The van der Waals surface area contributed by atoms with Crippen molar-refractivity contribution in [2.45, 2.75) is 58.3 Å². The molecule has 1 aromatic rings. The smallest absolute Gasteiger partial charge is 0.780 e. The number of benzene rings is 1. The van der Waals surface area contributed by atoms with E-state index in [-0.39, 0.29) is 22.2 Å². The van der Waals surface area contributed by atoms with Crippen molar-refractivity contribution in [3.8, 4) is 5.75 Å². The summed E-state index contributed by atoms with van der Waals surface area (Å²) in [5.74, 6) is 0.0849. The topological polar surface area (TPSA) is 72.4 Å². The molecule has 0 fully saturated rings. The van der Waals surface area contributed by atoms with E-state index in [0.717, 1.165) is 18.4 Å². The number of unbranched alkanes of at least 4 members (excludes halogenated alkanes) is 6. The molecule has 0 aromatic heterocycles. The second-order valence-electron chi connectivity index (χ2n) is 5.05. The Morgan fingerprint density at radius 2 is 1.48 bits per heavy atom. The van der Waals surface area contributed by atoms with Crippen LogP contribution in [-0.4, -0.2) is 0 Å². The molecule has 0 aliphatic heterocycles. The molecular formula is C15H23NiO4P. The van der Waals surface area contributed by atoms with Crippen LogP contribution >= 0.6 is 7.82 Å². The molecule has 0 bridgehead atoms. The Bertz CT molecular complexity index is 416. The molecule has 0 amide bonds. The van der Waals surface area contributed by atoms with E-state index in [0.29, 0.717) is 0 Å². The number of hydrogen-bond acceptors (Lipinski definition) is 4. The van der Waals surface area contributed by atoms with Crippen LogP contribution in [0.3, 0.4) is 0 Å². The molecule has 0 heterocycles.